The number of amides is 1. The van der Waals surface area contributed by atoms with Crippen molar-refractivity contribution >= 4 is 17.4 Å². The van der Waals surface area contributed by atoms with E-state index < -0.39 is 5.60 Å². The summed E-state index contributed by atoms with van der Waals surface area (Å²) in [5.74, 6) is 2.67. The maximum Gasteiger partial charge on any atom is 0.410 e. The molecule has 190 valence electrons. The standard InChI is InChI=1S/C29H31N5O3/c1-28(2,3)37-27(35)34-18-29(13-14-29)17-22(34)26-32-23(24-25(30)31-15-16-33(24)26)19-9-11-21(12-10-19)36-20-7-5-4-6-8-20/h4-12,15-16,22H,13-14,17-18H2,1-3H3,(H2,30,31)/t22-/m0/s1. The van der Waals surface area contributed by atoms with Crippen LogP contribution < -0.4 is 10.5 Å². The molecule has 2 aromatic carbocycles. The zero-order valence-corrected chi connectivity index (χ0v) is 21.3. The number of benzene rings is 2. The summed E-state index contributed by atoms with van der Waals surface area (Å²) >= 11 is 0. The van der Waals surface area contributed by atoms with Crippen LogP contribution in [0.15, 0.2) is 67.0 Å². The van der Waals surface area contributed by atoms with Gasteiger partial charge in [0.1, 0.15) is 40.0 Å². The molecule has 0 radical (unpaired) electrons. The Bertz CT molecular complexity index is 1450. The van der Waals surface area contributed by atoms with E-state index in [-0.39, 0.29) is 17.6 Å². The number of fused-ring (bicyclic) bond motifs is 1. The number of nitrogens with two attached hydrogens (primary N) is 1. The fraction of sp³-hybridized carbons (Fsp3) is 0.345. The Kier molecular flexibility index (Phi) is 5.36. The van der Waals surface area contributed by atoms with Gasteiger partial charge in [0.15, 0.2) is 0 Å². The number of hydrogen-bond acceptors (Lipinski definition) is 6. The van der Waals surface area contributed by atoms with Crippen LogP contribution in [0.1, 0.15) is 51.9 Å². The third-order valence-corrected chi connectivity index (χ3v) is 7.11. The van der Waals surface area contributed by atoms with Gasteiger partial charge in [-0.3, -0.25) is 9.30 Å². The number of nitrogens with zero attached hydrogens (tertiary/aromatic N) is 4. The highest BCUT2D eigenvalue weighted by Gasteiger charge is 2.55. The van der Waals surface area contributed by atoms with Gasteiger partial charge in [0.25, 0.3) is 0 Å². The molecule has 0 unspecified atom stereocenters. The molecule has 1 aliphatic heterocycles. The number of aromatic nitrogens is 3. The van der Waals surface area contributed by atoms with Crippen molar-refractivity contribution in [2.75, 3.05) is 12.3 Å². The second-order valence-corrected chi connectivity index (χ2v) is 11.1. The van der Waals surface area contributed by atoms with Crippen LogP contribution in [-0.2, 0) is 4.74 Å². The lowest BCUT2D eigenvalue weighted by atomic mass is 10.0. The molecule has 4 aromatic rings. The third kappa shape index (κ3) is 4.48. The molecule has 2 N–H and O–H groups in total. The van der Waals surface area contributed by atoms with Crippen molar-refractivity contribution in [3.05, 3.63) is 72.8 Å². The SMILES string of the molecule is CC(C)(C)OC(=O)N1CC2(CC2)C[C@H]1c1nc(-c2ccc(Oc3ccccc3)cc2)c2c(N)nccn12. The molecule has 8 nitrogen and oxygen atoms in total. The first-order valence-corrected chi connectivity index (χ1v) is 12.7. The Labute approximate surface area is 216 Å². The summed E-state index contributed by atoms with van der Waals surface area (Å²) in [7, 11) is 0. The first-order chi connectivity index (χ1) is 17.7. The van der Waals surface area contributed by atoms with Crippen molar-refractivity contribution in [2.45, 2.75) is 51.7 Å². The Morgan fingerprint density at radius 1 is 1.05 bits per heavy atom. The van der Waals surface area contributed by atoms with Gasteiger partial charge in [0.2, 0.25) is 0 Å². The Morgan fingerprint density at radius 3 is 2.43 bits per heavy atom. The van der Waals surface area contributed by atoms with Gasteiger partial charge in [-0.15, -0.1) is 0 Å². The van der Waals surface area contributed by atoms with Crippen molar-refractivity contribution in [2.24, 2.45) is 5.41 Å². The van der Waals surface area contributed by atoms with Gasteiger partial charge in [0.05, 0.1) is 6.04 Å². The fourth-order valence-corrected chi connectivity index (χ4v) is 5.17. The van der Waals surface area contributed by atoms with E-state index in [0.717, 1.165) is 53.4 Å². The monoisotopic (exact) mass is 497 g/mol. The number of nitrogen functional groups attached to an aromatic ring is 1. The number of hydrogen-bond donors (Lipinski definition) is 1. The highest BCUT2D eigenvalue weighted by atomic mass is 16.6. The number of imidazole rings is 1. The van der Waals surface area contributed by atoms with Crippen LogP contribution >= 0.6 is 0 Å². The van der Waals surface area contributed by atoms with E-state index >= 15 is 0 Å². The van der Waals surface area contributed by atoms with Gasteiger partial charge in [-0.25, -0.2) is 14.8 Å². The molecule has 1 saturated heterocycles. The average molecular weight is 498 g/mol. The predicted octanol–water partition coefficient (Wildman–Crippen LogP) is 6.23. The first-order valence-electron chi connectivity index (χ1n) is 12.7. The summed E-state index contributed by atoms with van der Waals surface area (Å²) < 4.78 is 13.7. The quantitative estimate of drug-likeness (QED) is 0.359. The van der Waals surface area contributed by atoms with Crippen LogP contribution in [0.2, 0.25) is 0 Å². The molecule has 2 fully saturated rings. The number of ether oxygens (including phenoxy) is 2. The van der Waals surface area contributed by atoms with Crippen molar-refractivity contribution in [3.8, 4) is 22.8 Å². The molecule has 37 heavy (non-hydrogen) atoms. The molecule has 8 heteroatoms. The van der Waals surface area contributed by atoms with Crippen molar-refractivity contribution in [1.82, 2.24) is 19.3 Å². The zero-order chi connectivity index (χ0) is 25.8. The molecule has 2 aromatic heterocycles. The van der Waals surface area contributed by atoms with Crippen LogP contribution in [0, 0.1) is 5.41 Å². The summed E-state index contributed by atoms with van der Waals surface area (Å²) in [5.41, 5.74) is 8.32. The maximum absolute atomic E-state index is 13.2. The van der Waals surface area contributed by atoms with E-state index in [1.165, 1.54) is 0 Å². The number of carbonyl (C=O) groups excluding carboxylic acids is 1. The zero-order valence-electron chi connectivity index (χ0n) is 21.3. The lowest BCUT2D eigenvalue weighted by Crippen LogP contribution is -2.37. The van der Waals surface area contributed by atoms with Gasteiger partial charge in [0, 0.05) is 24.5 Å². The number of likely N-dealkylation sites (tertiary alicyclic amines) is 1. The van der Waals surface area contributed by atoms with Crippen LogP contribution in [0.5, 0.6) is 11.5 Å². The number of rotatable bonds is 4. The van der Waals surface area contributed by atoms with Crippen LogP contribution in [0.25, 0.3) is 16.8 Å². The highest BCUT2D eigenvalue weighted by molar-refractivity contribution is 5.85. The topological polar surface area (TPSA) is 95.0 Å². The molecule has 1 aliphatic carbocycles. The van der Waals surface area contributed by atoms with Gasteiger partial charge >= 0.3 is 6.09 Å². The van der Waals surface area contributed by atoms with E-state index in [0.29, 0.717) is 12.4 Å². The van der Waals surface area contributed by atoms with E-state index in [4.69, 9.17) is 20.2 Å². The molecule has 2 aliphatic rings. The Hall–Kier alpha value is -4.07. The summed E-state index contributed by atoms with van der Waals surface area (Å²) in [6.07, 6.45) is 6.33. The lowest BCUT2D eigenvalue weighted by Gasteiger charge is -2.28. The second-order valence-electron chi connectivity index (χ2n) is 11.1. The summed E-state index contributed by atoms with van der Waals surface area (Å²) in [6.45, 7) is 6.36. The maximum atomic E-state index is 13.2. The van der Waals surface area contributed by atoms with Crippen molar-refractivity contribution in [1.29, 1.82) is 0 Å². The molecule has 1 atom stereocenters. The summed E-state index contributed by atoms with van der Waals surface area (Å²) in [6, 6.07) is 17.2. The molecule has 3 heterocycles. The van der Waals surface area contributed by atoms with Crippen molar-refractivity contribution in [3.63, 3.8) is 0 Å². The molecule has 0 bridgehead atoms. The van der Waals surface area contributed by atoms with E-state index in [1.54, 1.807) is 6.20 Å². The Morgan fingerprint density at radius 2 is 1.76 bits per heavy atom. The van der Waals surface area contributed by atoms with Crippen LogP contribution in [0.3, 0.4) is 0 Å². The van der Waals surface area contributed by atoms with Gasteiger partial charge < -0.3 is 15.2 Å². The van der Waals surface area contributed by atoms with E-state index in [2.05, 4.69) is 4.98 Å². The van der Waals surface area contributed by atoms with Gasteiger partial charge in [-0.1, -0.05) is 18.2 Å². The molecular formula is C29H31N5O3. The minimum absolute atomic E-state index is 0.155. The summed E-state index contributed by atoms with van der Waals surface area (Å²) in [4.78, 5) is 24.5. The largest absolute Gasteiger partial charge is 0.457 e. The highest BCUT2D eigenvalue weighted by Crippen LogP contribution is 2.58. The van der Waals surface area contributed by atoms with Gasteiger partial charge in [-0.05, 0) is 81.8 Å². The smallest absolute Gasteiger partial charge is 0.410 e. The van der Waals surface area contributed by atoms with E-state index in [9.17, 15) is 4.79 Å². The first kappa shape index (κ1) is 23.3. The normalized spacial score (nSPS) is 18.4. The molecule has 1 spiro atoms. The molecular weight excluding hydrogens is 466 g/mol. The lowest BCUT2D eigenvalue weighted by molar-refractivity contribution is 0.0211. The Balaban J connectivity index is 1.38. The van der Waals surface area contributed by atoms with Crippen LogP contribution in [-0.4, -0.2) is 37.5 Å². The summed E-state index contributed by atoms with van der Waals surface area (Å²) in [5, 5.41) is 0. The van der Waals surface area contributed by atoms with Crippen LogP contribution in [0.4, 0.5) is 10.6 Å². The van der Waals surface area contributed by atoms with Crippen molar-refractivity contribution < 1.29 is 14.3 Å². The predicted molar refractivity (Wildman–Crippen MR) is 141 cm³/mol. The second kappa shape index (κ2) is 8.50. The molecule has 1 amide bonds. The minimum Gasteiger partial charge on any atom is -0.457 e. The minimum atomic E-state index is -0.571. The number of carbonyl (C=O) groups is 1. The molecule has 1 saturated carbocycles. The number of para-hydroxylation sites is 1. The fourth-order valence-electron chi connectivity index (χ4n) is 5.17. The third-order valence-electron chi connectivity index (χ3n) is 7.11. The molecule has 6 rings (SSSR count). The van der Waals surface area contributed by atoms with E-state index in [1.807, 2.05) is 90.9 Å². The average Bonchev–Trinajstić information content (AvgIpc) is 3.33. The number of anilines is 1. The van der Waals surface area contributed by atoms with Gasteiger partial charge in [-0.2, -0.15) is 0 Å².